The molecule has 0 N–H and O–H groups in total. The fraction of sp³-hybridized carbons (Fsp3) is 0.647. The molecule has 0 spiro atoms. The van der Waals surface area contributed by atoms with Gasteiger partial charge in [-0.2, -0.15) is 0 Å². The molecule has 0 aromatic rings. The lowest BCUT2D eigenvalue weighted by Gasteiger charge is -1.96. The van der Waals surface area contributed by atoms with E-state index < -0.39 is 0 Å². The Morgan fingerprint density at radius 1 is 1.15 bits per heavy atom. The van der Waals surface area contributed by atoms with Crippen LogP contribution in [0.25, 0.3) is 0 Å². The second-order valence-electron chi connectivity index (χ2n) is 5.52. The van der Waals surface area contributed by atoms with Crippen molar-refractivity contribution in [1.82, 2.24) is 0 Å². The Labute approximate surface area is 122 Å². The summed E-state index contributed by atoms with van der Waals surface area (Å²) in [6.45, 7) is 1.59. The van der Waals surface area contributed by atoms with E-state index in [0.29, 0.717) is 6.42 Å². The average molecular weight is 278 g/mol. The minimum atomic E-state index is -0.127. The molecule has 0 aromatic carbocycles. The van der Waals surface area contributed by atoms with Gasteiger partial charge in [-0.25, -0.2) is 0 Å². The molecule has 2 atom stereocenters. The van der Waals surface area contributed by atoms with E-state index in [1.54, 1.807) is 13.0 Å². The van der Waals surface area contributed by atoms with Gasteiger partial charge in [-0.05, 0) is 63.4 Å². The predicted octanol–water partition coefficient (Wildman–Crippen LogP) is 3.84. The molecule has 0 aromatic heterocycles. The highest BCUT2D eigenvalue weighted by Gasteiger charge is 2.34. The lowest BCUT2D eigenvalue weighted by atomic mass is 10.1. The van der Waals surface area contributed by atoms with Crippen LogP contribution >= 0.6 is 0 Å². The molecule has 0 aliphatic heterocycles. The zero-order valence-electron chi connectivity index (χ0n) is 12.6. The van der Waals surface area contributed by atoms with Crippen LogP contribution in [0.1, 0.15) is 51.9 Å². The zero-order valence-corrected chi connectivity index (χ0v) is 12.6. The van der Waals surface area contributed by atoms with E-state index in [1.165, 1.54) is 20.0 Å². The number of methoxy groups -OCH3 is 1. The van der Waals surface area contributed by atoms with Crippen molar-refractivity contribution in [1.29, 1.82) is 0 Å². The molecule has 0 radical (unpaired) electrons. The van der Waals surface area contributed by atoms with Crippen molar-refractivity contribution >= 4 is 11.8 Å². The van der Waals surface area contributed by atoms with Gasteiger partial charge in [0.05, 0.1) is 7.11 Å². The van der Waals surface area contributed by atoms with Crippen LogP contribution in [0.3, 0.4) is 0 Å². The van der Waals surface area contributed by atoms with Gasteiger partial charge in [0, 0.05) is 6.42 Å². The molecule has 1 rings (SSSR count). The van der Waals surface area contributed by atoms with E-state index in [1.807, 2.05) is 6.08 Å². The molecule has 1 aliphatic rings. The number of hydrogen-bond donors (Lipinski definition) is 0. The number of ketones is 1. The maximum absolute atomic E-state index is 10.9. The van der Waals surface area contributed by atoms with Crippen molar-refractivity contribution in [2.24, 2.45) is 11.8 Å². The summed E-state index contributed by atoms with van der Waals surface area (Å²) in [4.78, 5) is 21.7. The third kappa shape index (κ3) is 7.93. The molecule has 3 heteroatoms. The highest BCUT2D eigenvalue weighted by Crippen LogP contribution is 2.44. The van der Waals surface area contributed by atoms with Crippen molar-refractivity contribution in [2.75, 3.05) is 7.11 Å². The summed E-state index contributed by atoms with van der Waals surface area (Å²) in [5.41, 5.74) is 0. The average Bonchev–Trinajstić information content (AvgIpc) is 3.15. The van der Waals surface area contributed by atoms with Crippen LogP contribution in [0, 0.1) is 11.8 Å². The molecule has 112 valence electrons. The van der Waals surface area contributed by atoms with Gasteiger partial charge >= 0.3 is 5.97 Å². The van der Waals surface area contributed by atoms with Crippen LogP contribution in [0.15, 0.2) is 24.3 Å². The van der Waals surface area contributed by atoms with Gasteiger partial charge in [0.15, 0.2) is 5.78 Å². The fourth-order valence-corrected chi connectivity index (χ4v) is 2.37. The molecule has 20 heavy (non-hydrogen) atoms. The first-order valence-electron chi connectivity index (χ1n) is 7.52. The monoisotopic (exact) mass is 278 g/mol. The highest BCUT2D eigenvalue weighted by atomic mass is 16.5. The molecule has 1 aliphatic carbocycles. The third-order valence-electron chi connectivity index (χ3n) is 3.71. The van der Waals surface area contributed by atoms with Crippen molar-refractivity contribution in [3.63, 3.8) is 0 Å². The first-order valence-corrected chi connectivity index (χ1v) is 7.52. The van der Waals surface area contributed by atoms with Gasteiger partial charge in [-0.1, -0.05) is 18.2 Å². The zero-order chi connectivity index (χ0) is 14.8. The molecular formula is C17H26O3. The Hall–Kier alpha value is -1.38. The number of carbonyl (C=O) groups is 2. The van der Waals surface area contributed by atoms with E-state index in [0.717, 1.165) is 37.5 Å². The van der Waals surface area contributed by atoms with Crippen LogP contribution in [0.5, 0.6) is 0 Å². The molecule has 0 amide bonds. The van der Waals surface area contributed by atoms with Gasteiger partial charge in [0.25, 0.3) is 0 Å². The van der Waals surface area contributed by atoms with Crippen molar-refractivity contribution < 1.29 is 14.3 Å². The third-order valence-corrected chi connectivity index (χ3v) is 3.71. The van der Waals surface area contributed by atoms with Crippen LogP contribution in [0.2, 0.25) is 0 Å². The smallest absolute Gasteiger partial charge is 0.305 e. The fourth-order valence-electron chi connectivity index (χ4n) is 2.37. The maximum Gasteiger partial charge on any atom is 0.305 e. The highest BCUT2D eigenvalue weighted by molar-refractivity contribution is 5.87. The van der Waals surface area contributed by atoms with E-state index in [-0.39, 0.29) is 11.8 Å². The molecule has 3 nitrogen and oxygen atoms in total. The first-order chi connectivity index (χ1) is 9.63. The maximum atomic E-state index is 10.9. The summed E-state index contributed by atoms with van der Waals surface area (Å²) in [6.07, 6.45) is 15.1. The molecule has 0 heterocycles. The number of hydrogen-bond acceptors (Lipinski definition) is 3. The van der Waals surface area contributed by atoms with Gasteiger partial charge in [-0.15, -0.1) is 0 Å². The Morgan fingerprint density at radius 2 is 1.90 bits per heavy atom. The van der Waals surface area contributed by atoms with Crippen LogP contribution in [-0.2, 0) is 14.3 Å². The molecule has 1 fully saturated rings. The van der Waals surface area contributed by atoms with Crippen molar-refractivity contribution in [3.05, 3.63) is 24.3 Å². The molecule has 0 bridgehead atoms. The van der Waals surface area contributed by atoms with Crippen molar-refractivity contribution in [3.8, 4) is 0 Å². The molecule has 0 unspecified atom stereocenters. The minimum absolute atomic E-state index is 0.127. The summed E-state index contributed by atoms with van der Waals surface area (Å²) < 4.78 is 4.59. The van der Waals surface area contributed by atoms with Gasteiger partial charge in [0.2, 0.25) is 0 Å². The van der Waals surface area contributed by atoms with E-state index in [9.17, 15) is 9.59 Å². The molecular weight excluding hydrogens is 252 g/mol. The summed E-state index contributed by atoms with van der Waals surface area (Å²) in [6, 6.07) is 0. The van der Waals surface area contributed by atoms with Crippen LogP contribution < -0.4 is 0 Å². The summed E-state index contributed by atoms with van der Waals surface area (Å²) in [7, 11) is 1.43. The normalized spacial score (nSPS) is 21.5. The second-order valence-corrected chi connectivity index (χ2v) is 5.52. The van der Waals surface area contributed by atoms with E-state index >= 15 is 0 Å². The summed E-state index contributed by atoms with van der Waals surface area (Å²) >= 11 is 0. The van der Waals surface area contributed by atoms with Gasteiger partial charge < -0.3 is 4.74 Å². The van der Waals surface area contributed by atoms with E-state index in [4.69, 9.17) is 0 Å². The molecule has 1 saturated carbocycles. The summed E-state index contributed by atoms with van der Waals surface area (Å²) in [5, 5.41) is 0. The number of unbranched alkanes of at least 4 members (excludes halogenated alkanes) is 1. The van der Waals surface area contributed by atoms with Crippen molar-refractivity contribution in [2.45, 2.75) is 51.9 Å². The topological polar surface area (TPSA) is 43.4 Å². The quantitative estimate of drug-likeness (QED) is 0.264. The number of carbonyl (C=O) groups excluding carboxylic acids is 2. The largest absolute Gasteiger partial charge is 0.469 e. The lowest BCUT2D eigenvalue weighted by Crippen LogP contribution is -1.98. The Morgan fingerprint density at radius 3 is 2.60 bits per heavy atom. The first kappa shape index (κ1) is 16.7. The number of allylic oxidation sites excluding steroid dienone is 4. The number of esters is 1. The van der Waals surface area contributed by atoms with E-state index in [2.05, 4.69) is 16.9 Å². The summed E-state index contributed by atoms with van der Waals surface area (Å²) in [5.74, 6) is 1.64. The Bertz CT molecular complexity index is 368. The van der Waals surface area contributed by atoms with Gasteiger partial charge in [-0.3, -0.25) is 9.59 Å². The standard InChI is InChI=1S/C17H26O3/c1-14(18)9-8-11-16-13-15(16)10-6-4-3-5-7-12-17(19)20-2/h3-4,8-9,15-16H,5-7,10-13H2,1-2H3/b4-3-,9-8+/t15-,16+/m1/s1. The SMILES string of the molecule is COC(=O)CCC/C=C\CC[C@@H]1C[C@@H]1C/C=C/C(C)=O. The number of ether oxygens (including phenoxy) is 1. The van der Waals surface area contributed by atoms with Crippen LogP contribution in [-0.4, -0.2) is 18.9 Å². The van der Waals surface area contributed by atoms with Gasteiger partial charge in [0.1, 0.15) is 0 Å². The van der Waals surface area contributed by atoms with Crippen LogP contribution in [0.4, 0.5) is 0 Å². The molecule has 0 saturated heterocycles. The number of rotatable bonds is 10. The minimum Gasteiger partial charge on any atom is -0.469 e. The lowest BCUT2D eigenvalue weighted by molar-refractivity contribution is -0.140. The Kier molecular flexibility index (Phi) is 7.93. The Balaban J connectivity index is 1.95. The second kappa shape index (κ2) is 9.51. The predicted molar refractivity (Wildman–Crippen MR) is 80.3 cm³/mol.